The third kappa shape index (κ3) is 1.55. The smallest absolute Gasteiger partial charge is 0.321 e. The second kappa shape index (κ2) is 4.15. The van der Waals surface area contributed by atoms with Gasteiger partial charge in [-0.1, -0.05) is 13.5 Å². The van der Waals surface area contributed by atoms with Crippen LogP contribution in [-0.2, 0) is 19.1 Å². The minimum Gasteiger partial charge on any atom is -0.392 e. The van der Waals surface area contributed by atoms with E-state index < -0.39 is 23.8 Å². The summed E-state index contributed by atoms with van der Waals surface area (Å²) in [6, 6.07) is 0. The summed E-state index contributed by atoms with van der Waals surface area (Å²) in [6.45, 7) is 5.91. The quantitative estimate of drug-likeness (QED) is 0.534. The van der Waals surface area contributed by atoms with Crippen molar-refractivity contribution in [2.24, 2.45) is 17.8 Å². The third-order valence-electron chi connectivity index (χ3n) is 4.55. The summed E-state index contributed by atoms with van der Waals surface area (Å²) in [5, 5.41) is 0. The molecule has 100 valence electrons. The highest BCUT2D eigenvalue weighted by molar-refractivity contribution is 6.05. The number of ketones is 1. The number of rotatable bonds is 1. The van der Waals surface area contributed by atoms with Crippen molar-refractivity contribution in [3.8, 4) is 0 Å². The average Bonchev–Trinajstić information content (AvgIpc) is 2.67. The van der Waals surface area contributed by atoms with E-state index >= 15 is 0 Å². The van der Waals surface area contributed by atoms with Crippen LogP contribution >= 0.6 is 0 Å². The molecule has 3 aliphatic rings. The summed E-state index contributed by atoms with van der Waals surface area (Å²) in [4.78, 5) is 35.9. The number of ether oxygens (including phenoxy) is 1. The molecule has 1 aliphatic heterocycles. The fourth-order valence-electron chi connectivity index (χ4n) is 3.77. The third-order valence-corrected chi connectivity index (χ3v) is 4.55. The topological polar surface area (TPSA) is 60.4 Å². The van der Waals surface area contributed by atoms with Crippen molar-refractivity contribution >= 4 is 17.7 Å². The lowest BCUT2D eigenvalue weighted by Crippen LogP contribution is -2.38. The predicted octanol–water partition coefficient (Wildman–Crippen LogP) is 1.95. The number of hydrogen-bond donors (Lipinski definition) is 0. The molecule has 0 N–H and O–H groups in total. The van der Waals surface area contributed by atoms with Gasteiger partial charge < -0.3 is 4.74 Å². The van der Waals surface area contributed by atoms with Gasteiger partial charge in [0.25, 0.3) is 0 Å². The Labute approximate surface area is 111 Å². The molecule has 0 aromatic carbocycles. The molecule has 2 aliphatic carbocycles. The number of fused-ring (bicyclic) bond motifs is 3. The van der Waals surface area contributed by atoms with Crippen LogP contribution in [0.3, 0.4) is 0 Å². The van der Waals surface area contributed by atoms with Crippen LogP contribution in [0.4, 0.5) is 0 Å². The van der Waals surface area contributed by atoms with Crippen LogP contribution in [0.15, 0.2) is 23.3 Å². The Bertz CT molecular complexity index is 540. The summed E-state index contributed by atoms with van der Waals surface area (Å²) in [5.41, 5.74) is 2.24. The molecule has 1 saturated heterocycles. The molecular weight excluding hydrogens is 244 g/mol. The van der Waals surface area contributed by atoms with Gasteiger partial charge in [-0.15, -0.1) is 0 Å². The summed E-state index contributed by atoms with van der Waals surface area (Å²) in [6.07, 6.45) is 2.76. The Morgan fingerprint density at radius 2 is 2.00 bits per heavy atom. The van der Waals surface area contributed by atoms with E-state index in [1.807, 2.05) is 6.92 Å². The maximum Gasteiger partial charge on any atom is 0.321 e. The zero-order valence-corrected chi connectivity index (χ0v) is 10.9. The van der Waals surface area contributed by atoms with Crippen molar-refractivity contribution in [1.82, 2.24) is 0 Å². The van der Waals surface area contributed by atoms with Crippen LogP contribution in [0.25, 0.3) is 0 Å². The minimum atomic E-state index is -0.568. The summed E-state index contributed by atoms with van der Waals surface area (Å²) < 4.78 is 4.78. The first-order chi connectivity index (χ1) is 9.06. The van der Waals surface area contributed by atoms with E-state index in [4.69, 9.17) is 4.74 Å². The van der Waals surface area contributed by atoms with Gasteiger partial charge in [0, 0.05) is 17.9 Å². The SMILES string of the molecule is C=C1C(CC)=C2C(=O)CCCC2C2C(=O)OC(=O)C12. The van der Waals surface area contributed by atoms with Crippen molar-refractivity contribution in [3.05, 3.63) is 23.3 Å². The number of hydrogen-bond acceptors (Lipinski definition) is 4. The number of cyclic esters (lactones) is 2. The monoisotopic (exact) mass is 260 g/mol. The molecule has 3 atom stereocenters. The van der Waals surface area contributed by atoms with Gasteiger partial charge in [-0.25, -0.2) is 0 Å². The normalized spacial score (nSPS) is 34.3. The standard InChI is InChI=1S/C15H16O4/c1-3-8-7(2)11-13(15(18)19-14(11)17)9-5-4-6-10(16)12(8)9/h9,11,13H,2-6H2,1H3. The molecule has 0 amide bonds. The molecule has 3 unspecified atom stereocenters. The fourth-order valence-corrected chi connectivity index (χ4v) is 3.77. The maximum absolute atomic E-state index is 12.2. The molecule has 0 radical (unpaired) electrons. The zero-order valence-electron chi connectivity index (χ0n) is 10.9. The van der Waals surface area contributed by atoms with Crippen LogP contribution in [0.1, 0.15) is 32.6 Å². The van der Waals surface area contributed by atoms with Gasteiger partial charge in [0.1, 0.15) is 0 Å². The summed E-state index contributed by atoms with van der Waals surface area (Å²) >= 11 is 0. The van der Waals surface area contributed by atoms with E-state index in [-0.39, 0.29) is 11.7 Å². The molecule has 1 heterocycles. The molecule has 4 nitrogen and oxygen atoms in total. The van der Waals surface area contributed by atoms with E-state index in [2.05, 4.69) is 6.58 Å². The number of allylic oxidation sites excluding steroid dienone is 2. The molecular formula is C15H16O4. The molecule has 19 heavy (non-hydrogen) atoms. The molecule has 1 saturated carbocycles. The average molecular weight is 260 g/mol. The maximum atomic E-state index is 12.2. The van der Waals surface area contributed by atoms with Crippen molar-refractivity contribution in [3.63, 3.8) is 0 Å². The Morgan fingerprint density at radius 1 is 1.26 bits per heavy atom. The highest BCUT2D eigenvalue weighted by Gasteiger charge is 2.55. The van der Waals surface area contributed by atoms with Crippen LogP contribution in [0.5, 0.6) is 0 Å². The molecule has 0 aromatic rings. The van der Waals surface area contributed by atoms with Gasteiger partial charge in [-0.2, -0.15) is 0 Å². The zero-order chi connectivity index (χ0) is 13.7. The van der Waals surface area contributed by atoms with Crippen molar-refractivity contribution in [2.75, 3.05) is 0 Å². The largest absolute Gasteiger partial charge is 0.392 e. The lowest BCUT2D eigenvalue weighted by molar-refractivity contribution is -0.153. The van der Waals surface area contributed by atoms with Crippen molar-refractivity contribution in [1.29, 1.82) is 0 Å². The first-order valence-corrected chi connectivity index (χ1v) is 6.77. The summed E-state index contributed by atoms with van der Waals surface area (Å²) in [5.74, 6) is -2.10. The van der Waals surface area contributed by atoms with Crippen LogP contribution in [0.2, 0.25) is 0 Å². The number of esters is 2. The second-order valence-electron chi connectivity index (χ2n) is 5.44. The first-order valence-electron chi connectivity index (χ1n) is 6.77. The Hall–Kier alpha value is -1.71. The van der Waals surface area contributed by atoms with Gasteiger partial charge in [-0.05, 0) is 30.4 Å². The van der Waals surface area contributed by atoms with E-state index in [0.717, 1.165) is 24.0 Å². The second-order valence-corrected chi connectivity index (χ2v) is 5.44. The lowest BCUT2D eigenvalue weighted by Gasteiger charge is -2.37. The van der Waals surface area contributed by atoms with E-state index in [1.54, 1.807) is 0 Å². The molecule has 0 aromatic heterocycles. The molecule has 0 spiro atoms. The molecule has 4 heteroatoms. The van der Waals surface area contributed by atoms with Gasteiger partial charge >= 0.3 is 11.9 Å². The number of carbonyl (C=O) groups excluding carboxylic acids is 3. The van der Waals surface area contributed by atoms with Crippen molar-refractivity contribution < 1.29 is 19.1 Å². The summed E-state index contributed by atoms with van der Waals surface area (Å²) in [7, 11) is 0. The van der Waals surface area contributed by atoms with Crippen LogP contribution in [-0.4, -0.2) is 17.7 Å². The first kappa shape index (κ1) is 12.3. The van der Waals surface area contributed by atoms with E-state index in [0.29, 0.717) is 18.4 Å². The van der Waals surface area contributed by atoms with E-state index in [9.17, 15) is 14.4 Å². The molecule has 2 fully saturated rings. The van der Waals surface area contributed by atoms with Gasteiger partial charge in [0.15, 0.2) is 5.78 Å². The highest BCUT2D eigenvalue weighted by Crippen LogP contribution is 2.50. The number of Topliss-reactive ketones (excluding diaryl/α,β-unsaturated/α-hetero) is 1. The molecule has 3 rings (SSSR count). The van der Waals surface area contributed by atoms with E-state index in [1.165, 1.54) is 0 Å². The van der Waals surface area contributed by atoms with Crippen molar-refractivity contribution in [2.45, 2.75) is 32.6 Å². The minimum absolute atomic E-state index is 0.111. The highest BCUT2D eigenvalue weighted by atomic mass is 16.6. The lowest BCUT2D eigenvalue weighted by atomic mass is 9.62. The fraction of sp³-hybridized carbons (Fsp3) is 0.533. The van der Waals surface area contributed by atoms with Gasteiger partial charge in [0.05, 0.1) is 11.8 Å². The Balaban J connectivity index is 2.17. The molecule has 0 bridgehead atoms. The number of carbonyl (C=O) groups is 3. The Kier molecular flexibility index (Phi) is 2.69. The van der Waals surface area contributed by atoms with Crippen LogP contribution in [0, 0.1) is 17.8 Å². The van der Waals surface area contributed by atoms with Gasteiger partial charge in [-0.3, -0.25) is 14.4 Å². The van der Waals surface area contributed by atoms with Gasteiger partial charge in [0.2, 0.25) is 0 Å². The predicted molar refractivity (Wildman–Crippen MR) is 66.9 cm³/mol. The van der Waals surface area contributed by atoms with Crippen LogP contribution < -0.4 is 0 Å². The Morgan fingerprint density at radius 3 is 2.68 bits per heavy atom.